The lowest BCUT2D eigenvalue weighted by molar-refractivity contribution is 0.311. The summed E-state index contributed by atoms with van der Waals surface area (Å²) in [6.45, 7) is 4.59. The molecule has 0 unspecified atom stereocenters. The number of aromatic nitrogens is 2. The molecule has 1 aliphatic heterocycles. The van der Waals surface area contributed by atoms with Gasteiger partial charge in [-0.05, 0) is 13.1 Å². The molecule has 1 aromatic heterocycles. The van der Waals surface area contributed by atoms with Crippen LogP contribution < -0.4 is 10.6 Å². The quantitative estimate of drug-likeness (QED) is 0.720. The molecule has 2 rings (SSSR count). The molecule has 0 amide bonds. The molecule has 82 valence electrons. The lowest BCUT2D eigenvalue weighted by atomic mass is 10.3. The van der Waals surface area contributed by atoms with E-state index in [2.05, 4.69) is 26.8 Å². The van der Waals surface area contributed by atoms with E-state index in [4.69, 9.17) is 5.73 Å². The lowest BCUT2D eigenvalue weighted by Crippen LogP contribution is -2.45. The maximum Gasteiger partial charge on any atom is 0.225 e. The van der Waals surface area contributed by atoms with Gasteiger partial charge in [0.05, 0.1) is 5.69 Å². The SMILES string of the molecule is CN1CCN(c2nccc(CN)n2)CC1. The Kier molecular flexibility index (Phi) is 3.13. The molecule has 1 aromatic rings. The molecule has 0 spiro atoms. The Hall–Kier alpha value is -1.20. The standard InChI is InChI=1S/C10H17N5/c1-14-4-6-15(7-5-14)10-12-3-2-9(8-11)13-10/h2-3H,4-8,11H2,1H3. The van der Waals surface area contributed by atoms with Crippen LogP contribution in [0.5, 0.6) is 0 Å². The molecule has 2 heterocycles. The Morgan fingerprint density at radius 3 is 2.73 bits per heavy atom. The van der Waals surface area contributed by atoms with E-state index in [0.717, 1.165) is 37.8 Å². The molecule has 0 bridgehead atoms. The third kappa shape index (κ3) is 2.43. The first-order chi connectivity index (χ1) is 7.29. The maximum absolute atomic E-state index is 5.55. The second-order valence-electron chi connectivity index (χ2n) is 3.84. The van der Waals surface area contributed by atoms with E-state index in [1.807, 2.05) is 6.07 Å². The Bertz CT molecular complexity index is 319. The average molecular weight is 207 g/mol. The number of hydrogen-bond donors (Lipinski definition) is 1. The van der Waals surface area contributed by atoms with Crippen LogP contribution in [0.15, 0.2) is 12.3 Å². The highest BCUT2D eigenvalue weighted by molar-refractivity contribution is 5.31. The highest BCUT2D eigenvalue weighted by atomic mass is 15.3. The first-order valence-electron chi connectivity index (χ1n) is 5.25. The second-order valence-corrected chi connectivity index (χ2v) is 3.84. The molecule has 15 heavy (non-hydrogen) atoms. The minimum atomic E-state index is 0.475. The van der Waals surface area contributed by atoms with Crippen molar-refractivity contribution in [3.8, 4) is 0 Å². The fourth-order valence-electron chi connectivity index (χ4n) is 1.66. The Balaban J connectivity index is 2.08. The minimum absolute atomic E-state index is 0.475. The second kappa shape index (κ2) is 4.55. The Morgan fingerprint density at radius 2 is 2.07 bits per heavy atom. The number of hydrogen-bond acceptors (Lipinski definition) is 5. The molecular formula is C10H17N5. The Labute approximate surface area is 89.9 Å². The van der Waals surface area contributed by atoms with Gasteiger partial charge in [0, 0.05) is 38.9 Å². The van der Waals surface area contributed by atoms with E-state index in [1.165, 1.54) is 0 Å². The van der Waals surface area contributed by atoms with Gasteiger partial charge in [-0.1, -0.05) is 0 Å². The zero-order valence-corrected chi connectivity index (χ0v) is 9.06. The van der Waals surface area contributed by atoms with E-state index in [1.54, 1.807) is 6.20 Å². The zero-order chi connectivity index (χ0) is 10.7. The van der Waals surface area contributed by atoms with Crippen molar-refractivity contribution < 1.29 is 0 Å². The van der Waals surface area contributed by atoms with Crippen molar-refractivity contribution in [2.24, 2.45) is 5.73 Å². The number of nitrogens with zero attached hydrogens (tertiary/aromatic N) is 4. The van der Waals surface area contributed by atoms with Gasteiger partial charge in [-0.15, -0.1) is 0 Å². The van der Waals surface area contributed by atoms with Gasteiger partial charge in [0.2, 0.25) is 5.95 Å². The van der Waals surface area contributed by atoms with Crippen molar-refractivity contribution in [3.63, 3.8) is 0 Å². The summed E-state index contributed by atoms with van der Waals surface area (Å²) in [5.74, 6) is 0.811. The topological polar surface area (TPSA) is 58.3 Å². The fourth-order valence-corrected chi connectivity index (χ4v) is 1.66. The van der Waals surface area contributed by atoms with E-state index in [0.29, 0.717) is 6.54 Å². The van der Waals surface area contributed by atoms with Crippen molar-refractivity contribution in [2.75, 3.05) is 38.1 Å². The van der Waals surface area contributed by atoms with Gasteiger partial charge in [-0.25, -0.2) is 9.97 Å². The van der Waals surface area contributed by atoms with Crippen molar-refractivity contribution >= 4 is 5.95 Å². The van der Waals surface area contributed by atoms with Crippen molar-refractivity contribution in [2.45, 2.75) is 6.54 Å². The normalized spacial score (nSPS) is 18.1. The molecule has 5 nitrogen and oxygen atoms in total. The highest BCUT2D eigenvalue weighted by Crippen LogP contribution is 2.09. The van der Waals surface area contributed by atoms with Gasteiger partial charge in [0.25, 0.3) is 0 Å². The van der Waals surface area contributed by atoms with E-state index < -0.39 is 0 Å². The van der Waals surface area contributed by atoms with Gasteiger partial charge < -0.3 is 15.5 Å². The zero-order valence-electron chi connectivity index (χ0n) is 9.06. The first kappa shape index (κ1) is 10.3. The van der Waals surface area contributed by atoms with E-state index in [-0.39, 0.29) is 0 Å². The molecule has 0 atom stereocenters. The number of rotatable bonds is 2. The molecule has 0 saturated carbocycles. The van der Waals surface area contributed by atoms with Crippen molar-refractivity contribution in [3.05, 3.63) is 18.0 Å². The van der Waals surface area contributed by atoms with E-state index in [9.17, 15) is 0 Å². The number of likely N-dealkylation sites (N-methyl/N-ethyl adjacent to an activating group) is 1. The van der Waals surface area contributed by atoms with Gasteiger partial charge in [-0.2, -0.15) is 0 Å². The summed E-state index contributed by atoms with van der Waals surface area (Å²) < 4.78 is 0. The van der Waals surface area contributed by atoms with Gasteiger partial charge in [0.1, 0.15) is 0 Å². The third-order valence-corrected chi connectivity index (χ3v) is 2.70. The summed E-state index contributed by atoms with van der Waals surface area (Å²) in [5.41, 5.74) is 6.46. The number of anilines is 1. The molecule has 0 radical (unpaired) electrons. The van der Waals surface area contributed by atoms with Gasteiger partial charge in [-0.3, -0.25) is 0 Å². The summed E-state index contributed by atoms with van der Waals surface area (Å²) in [5, 5.41) is 0. The number of piperazine rings is 1. The molecule has 1 aliphatic rings. The van der Waals surface area contributed by atoms with E-state index >= 15 is 0 Å². The smallest absolute Gasteiger partial charge is 0.225 e. The van der Waals surface area contributed by atoms with Crippen LogP contribution >= 0.6 is 0 Å². The molecule has 2 N–H and O–H groups in total. The monoisotopic (exact) mass is 207 g/mol. The predicted octanol–water partition coefficient (Wildman–Crippen LogP) is -0.313. The van der Waals surface area contributed by atoms with Crippen molar-refractivity contribution in [1.29, 1.82) is 0 Å². The maximum atomic E-state index is 5.55. The molecular weight excluding hydrogens is 190 g/mol. The lowest BCUT2D eigenvalue weighted by Gasteiger charge is -2.32. The third-order valence-electron chi connectivity index (χ3n) is 2.70. The van der Waals surface area contributed by atoms with Crippen LogP contribution in [0.25, 0.3) is 0 Å². The summed E-state index contributed by atoms with van der Waals surface area (Å²) in [7, 11) is 2.13. The Morgan fingerprint density at radius 1 is 1.33 bits per heavy atom. The summed E-state index contributed by atoms with van der Waals surface area (Å²) >= 11 is 0. The van der Waals surface area contributed by atoms with Crippen LogP contribution in [0.4, 0.5) is 5.95 Å². The fraction of sp³-hybridized carbons (Fsp3) is 0.600. The summed E-state index contributed by atoms with van der Waals surface area (Å²) in [4.78, 5) is 13.2. The predicted molar refractivity (Wildman–Crippen MR) is 59.6 cm³/mol. The van der Waals surface area contributed by atoms with Crippen LogP contribution in [0.3, 0.4) is 0 Å². The summed E-state index contributed by atoms with van der Waals surface area (Å²) in [6, 6.07) is 1.86. The molecule has 1 fully saturated rings. The molecule has 0 aromatic carbocycles. The highest BCUT2D eigenvalue weighted by Gasteiger charge is 2.16. The largest absolute Gasteiger partial charge is 0.338 e. The molecule has 1 saturated heterocycles. The summed E-state index contributed by atoms with van der Waals surface area (Å²) in [6.07, 6.45) is 1.78. The van der Waals surface area contributed by atoms with Crippen LogP contribution in [-0.2, 0) is 6.54 Å². The molecule has 0 aliphatic carbocycles. The van der Waals surface area contributed by atoms with Crippen LogP contribution in [0.1, 0.15) is 5.69 Å². The van der Waals surface area contributed by atoms with Crippen LogP contribution in [0, 0.1) is 0 Å². The van der Waals surface area contributed by atoms with Gasteiger partial charge in [0.15, 0.2) is 0 Å². The first-order valence-corrected chi connectivity index (χ1v) is 5.25. The number of nitrogens with two attached hydrogens (primary N) is 1. The molecule has 5 heteroatoms. The van der Waals surface area contributed by atoms with Gasteiger partial charge >= 0.3 is 0 Å². The average Bonchev–Trinajstić information content (AvgIpc) is 2.30. The minimum Gasteiger partial charge on any atom is -0.338 e. The van der Waals surface area contributed by atoms with Crippen molar-refractivity contribution in [1.82, 2.24) is 14.9 Å². The van der Waals surface area contributed by atoms with Crippen LogP contribution in [-0.4, -0.2) is 48.1 Å². The van der Waals surface area contributed by atoms with Crippen LogP contribution in [0.2, 0.25) is 0 Å².